The molecule has 2 N–H and O–H groups in total. The lowest BCUT2D eigenvalue weighted by Gasteiger charge is -2.05. The molecule has 2 aromatic rings. The molecule has 1 aromatic carbocycles. The molecule has 0 fully saturated rings. The summed E-state index contributed by atoms with van der Waals surface area (Å²) in [5.41, 5.74) is 1.85. The summed E-state index contributed by atoms with van der Waals surface area (Å²) in [5.74, 6) is 0.169. The van der Waals surface area contributed by atoms with Crippen molar-refractivity contribution >= 4 is 27.5 Å². The van der Waals surface area contributed by atoms with Gasteiger partial charge in [0, 0.05) is 16.4 Å². The summed E-state index contributed by atoms with van der Waals surface area (Å²) in [5, 5.41) is 14.7. The number of carbonyl (C=O) groups excluding carboxylic acids is 1. The molecule has 1 amide bonds. The van der Waals surface area contributed by atoms with E-state index in [2.05, 4.69) is 26.6 Å². The fourth-order valence-electron chi connectivity index (χ4n) is 1.71. The van der Waals surface area contributed by atoms with Crippen molar-refractivity contribution in [1.82, 2.24) is 5.32 Å². The van der Waals surface area contributed by atoms with Gasteiger partial charge in [0.2, 0.25) is 0 Å². The van der Waals surface area contributed by atoms with E-state index in [0.717, 1.165) is 15.7 Å². The van der Waals surface area contributed by atoms with Crippen LogP contribution in [0.15, 0.2) is 57.3 Å². The topological polar surface area (TPSA) is 78.1 Å². The van der Waals surface area contributed by atoms with Crippen LogP contribution >= 0.6 is 15.9 Å². The molecule has 0 aliphatic carbocycles. The predicted molar refractivity (Wildman–Crippen MR) is 86.8 cm³/mol. The molecule has 0 aliphatic heterocycles. The highest BCUT2D eigenvalue weighted by Gasteiger charge is 2.09. The third-order valence-corrected chi connectivity index (χ3v) is 3.80. The first kappa shape index (κ1) is 15.9. The third kappa shape index (κ3) is 4.24. The van der Waals surface area contributed by atoms with Gasteiger partial charge in [-0.25, -0.2) is 0 Å². The third-order valence-electron chi connectivity index (χ3n) is 2.91. The highest BCUT2D eigenvalue weighted by atomic mass is 79.9. The van der Waals surface area contributed by atoms with E-state index in [1.54, 1.807) is 12.1 Å². The van der Waals surface area contributed by atoms with Crippen molar-refractivity contribution in [2.45, 2.75) is 13.5 Å². The molecule has 0 unspecified atom stereocenters. The predicted octanol–water partition coefficient (Wildman–Crippen LogP) is 3.49. The molecule has 22 heavy (non-hydrogen) atoms. The number of furan rings is 1. The van der Waals surface area contributed by atoms with Gasteiger partial charge in [0.25, 0.3) is 5.91 Å². The molecule has 0 radical (unpaired) electrons. The van der Waals surface area contributed by atoms with Gasteiger partial charge in [0.05, 0.1) is 12.8 Å². The second-order valence-corrected chi connectivity index (χ2v) is 5.39. The lowest BCUT2D eigenvalue weighted by atomic mass is 10.2. The van der Waals surface area contributed by atoms with Gasteiger partial charge in [-0.3, -0.25) is 4.79 Å². The number of amides is 1. The monoisotopic (exact) mass is 359 g/mol. The minimum atomic E-state index is -0.458. The fraction of sp³-hybridized carbons (Fsp3) is 0.125. The number of nitrogens with one attached hydrogen (secondary N) is 2. The second kappa shape index (κ2) is 7.48. The average molecular weight is 360 g/mol. The zero-order valence-electron chi connectivity index (χ0n) is 11.9. The Bertz CT molecular complexity index is 730. The number of rotatable bonds is 5. The van der Waals surface area contributed by atoms with Crippen molar-refractivity contribution < 1.29 is 9.21 Å². The Balaban J connectivity index is 1.99. The number of nitrogens with zero attached hydrogens (tertiary/aromatic N) is 1. The first-order chi connectivity index (χ1) is 10.6. The van der Waals surface area contributed by atoms with Crippen molar-refractivity contribution in [2.75, 3.05) is 5.32 Å². The van der Waals surface area contributed by atoms with Crippen molar-refractivity contribution in [1.29, 1.82) is 5.26 Å². The average Bonchev–Trinajstić information content (AvgIpc) is 3.02. The molecule has 1 aromatic heterocycles. The van der Waals surface area contributed by atoms with Crippen LogP contribution in [-0.4, -0.2) is 5.91 Å². The SMILES string of the molecule is Cc1cc(N/C=C(/C#N)C(=O)NCc2ccco2)ccc1Br. The molecule has 0 spiro atoms. The van der Waals surface area contributed by atoms with E-state index in [1.807, 2.05) is 31.2 Å². The molecule has 0 bridgehead atoms. The van der Waals surface area contributed by atoms with E-state index in [-0.39, 0.29) is 12.1 Å². The zero-order valence-corrected chi connectivity index (χ0v) is 13.5. The Labute approximate surface area is 136 Å². The Morgan fingerprint density at radius 3 is 2.91 bits per heavy atom. The maximum Gasteiger partial charge on any atom is 0.263 e. The normalized spacial score (nSPS) is 10.9. The molecule has 0 atom stereocenters. The summed E-state index contributed by atoms with van der Waals surface area (Å²) < 4.78 is 6.11. The van der Waals surface area contributed by atoms with Crippen LogP contribution in [0.25, 0.3) is 0 Å². The molecule has 2 rings (SSSR count). The number of hydrogen-bond acceptors (Lipinski definition) is 4. The van der Waals surface area contributed by atoms with E-state index in [0.29, 0.717) is 5.76 Å². The Hall–Kier alpha value is -2.52. The molecule has 112 valence electrons. The molecular formula is C16H14BrN3O2. The fourth-order valence-corrected chi connectivity index (χ4v) is 1.96. The van der Waals surface area contributed by atoms with Gasteiger partial charge in [-0.1, -0.05) is 15.9 Å². The van der Waals surface area contributed by atoms with Gasteiger partial charge >= 0.3 is 0 Å². The molecule has 0 saturated carbocycles. The van der Waals surface area contributed by atoms with Crippen molar-refractivity contribution in [3.05, 3.63) is 64.2 Å². The molecule has 0 aliphatic rings. The van der Waals surface area contributed by atoms with Gasteiger partial charge in [-0.2, -0.15) is 5.26 Å². The van der Waals surface area contributed by atoms with Crippen molar-refractivity contribution in [3.63, 3.8) is 0 Å². The van der Waals surface area contributed by atoms with Gasteiger partial charge in [-0.15, -0.1) is 0 Å². The molecule has 6 heteroatoms. The molecule has 1 heterocycles. The Morgan fingerprint density at radius 1 is 1.45 bits per heavy atom. The minimum absolute atomic E-state index is 0.00729. The summed E-state index contributed by atoms with van der Waals surface area (Å²) in [7, 11) is 0. The van der Waals surface area contributed by atoms with Crippen LogP contribution in [0.5, 0.6) is 0 Å². The van der Waals surface area contributed by atoms with Gasteiger partial charge in [0.15, 0.2) is 0 Å². The lowest BCUT2D eigenvalue weighted by Crippen LogP contribution is -2.24. The Morgan fingerprint density at radius 2 is 2.27 bits per heavy atom. The summed E-state index contributed by atoms with van der Waals surface area (Å²) in [6, 6.07) is 11.0. The number of nitriles is 1. The van der Waals surface area contributed by atoms with Crippen LogP contribution in [0.4, 0.5) is 5.69 Å². The van der Waals surface area contributed by atoms with Crippen LogP contribution in [0, 0.1) is 18.3 Å². The summed E-state index contributed by atoms with van der Waals surface area (Å²) in [6.45, 7) is 2.20. The molecule has 0 saturated heterocycles. The highest BCUT2D eigenvalue weighted by molar-refractivity contribution is 9.10. The number of carbonyl (C=O) groups is 1. The van der Waals surface area contributed by atoms with Gasteiger partial charge < -0.3 is 15.1 Å². The number of benzene rings is 1. The summed E-state index contributed by atoms with van der Waals surface area (Å²) in [6.07, 6.45) is 2.92. The number of hydrogen-bond donors (Lipinski definition) is 2. The van der Waals surface area contributed by atoms with E-state index in [1.165, 1.54) is 12.5 Å². The Kier molecular flexibility index (Phi) is 5.39. The molecule has 5 nitrogen and oxygen atoms in total. The maximum absolute atomic E-state index is 11.9. The first-order valence-corrected chi connectivity index (χ1v) is 7.33. The highest BCUT2D eigenvalue weighted by Crippen LogP contribution is 2.20. The van der Waals surface area contributed by atoms with Crippen LogP contribution in [-0.2, 0) is 11.3 Å². The van der Waals surface area contributed by atoms with Crippen LogP contribution in [0.2, 0.25) is 0 Å². The van der Waals surface area contributed by atoms with Crippen LogP contribution < -0.4 is 10.6 Å². The van der Waals surface area contributed by atoms with Crippen LogP contribution in [0.1, 0.15) is 11.3 Å². The number of aryl methyl sites for hydroxylation is 1. The standard InChI is InChI=1S/C16H14BrN3O2/c1-11-7-13(4-5-15(11)17)19-9-12(8-18)16(21)20-10-14-3-2-6-22-14/h2-7,9,19H,10H2,1H3,(H,20,21)/b12-9-. The largest absolute Gasteiger partial charge is 0.467 e. The van der Waals surface area contributed by atoms with E-state index < -0.39 is 5.91 Å². The summed E-state index contributed by atoms with van der Waals surface area (Å²) in [4.78, 5) is 11.9. The van der Waals surface area contributed by atoms with E-state index in [4.69, 9.17) is 9.68 Å². The van der Waals surface area contributed by atoms with Gasteiger partial charge in [-0.05, 0) is 42.8 Å². The summed E-state index contributed by atoms with van der Waals surface area (Å²) >= 11 is 3.42. The molecular weight excluding hydrogens is 346 g/mol. The smallest absolute Gasteiger partial charge is 0.263 e. The zero-order chi connectivity index (χ0) is 15.9. The lowest BCUT2D eigenvalue weighted by molar-refractivity contribution is -0.117. The first-order valence-electron chi connectivity index (χ1n) is 6.53. The van der Waals surface area contributed by atoms with E-state index >= 15 is 0 Å². The van der Waals surface area contributed by atoms with E-state index in [9.17, 15) is 4.79 Å². The van der Waals surface area contributed by atoms with Crippen molar-refractivity contribution in [2.24, 2.45) is 0 Å². The maximum atomic E-state index is 11.9. The number of anilines is 1. The van der Waals surface area contributed by atoms with Crippen molar-refractivity contribution in [3.8, 4) is 6.07 Å². The van der Waals surface area contributed by atoms with Gasteiger partial charge in [0.1, 0.15) is 17.4 Å². The number of halogens is 1. The second-order valence-electron chi connectivity index (χ2n) is 4.54. The quantitative estimate of drug-likeness (QED) is 0.632. The minimum Gasteiger partial charge on any atom is -0.467 e. The van der Waals surface area contributed by atoms with Crippen LogP contribution in [0.3, 0.4) is 0 Å².